The number of benzene rings is 2. The van der Waals surface area contributed by atoms with Crippen LogP contribution in [0.1, 0.15) is 59.8 Å². The highest BCUT2D eigenvalue weighted by Gasteiger charge is 2.42. The second-order valence-electron chi connectivity index (χ2n) is 8.49. The summed E-state index contributed by atoms with van der Waals surface area (Å²) in [6, 6.07) is 14.2. The van der Waals surface area contributed by atoms with Crippen LogP contribution in [0.15, 0.2) is 47.5 Å². The molecular weight excluding hydrogens is 372 g/mol. The van der Waals surface area contributed by atoms with E-state index in [0.717, 1.165) is 29.5 Å². The minimum atomic E-state index is -2.83. The number of halogens is 2. The van der Waals surface area contributed by atoms with Crippen molar-refractivity contribution < 1.29 is 13.5 Å². The summed E-state index contributed by atoms with van der Waals surface area (Å²) in [5.74, 6) is 1.68. The number of alkyl halides is 2. The predicted octanol–water partition coefficient (Wildman–Crippen LogP) is 4.55. The average molecular weight is 397 g/mol. The van der Waals surface area contributed by atoms with Gasteiger partial charge in [-0.1, -0.05) is 30.3 Å². The van der Waals surface area contributed by atoms with Gasteiger partial charge in [-0.2, -0.15) is 8.78 Å². The van der Waals surface area contributed by atoms with Crippen LogP contribution in [0.5, 0.6) is 5.75 Å². The maximum Gasteiger partial charge on any atom is 0.387 e. The van der Waals surface area contributed by atoms with Crippen molar-refractivity contribution in [3.05, 3.63) is 64.7 Å². The van der Waals surface area contributed by atoms with Crippen molar-refractivity contribution in [3.63, 3.8) is 0 Å². The van der Waals surface area contributed by atoms with Gasteiger partial charge in [0, 0.05) is 7.05 Å². The summed E-state index contributed by atoms with van der Waals surface area (Å²) < 4.78 is 30.6. The normalized spacial score (nSPS) is 24.1. The van der Waals surface area contributed by atoms with E-state index in [0.29, 0.717) is 18.4 Å². The first-order valence-corrected chi connectivity index (χ1v) is 10.2. The number of hydrogen-bond donors (Lipinski definition) is 1. The molecule has 4 nitrogen and oxygen atoms in total. The van der Waals surface area contributed by atoms with Gasteiger partial charge in [-0.15, -0.1) is 0 Å². The summed E-state index contributed by atoms with van der Waals surface area (Å²) in [6.07, 6.45) is 4.46. The van der Waals surface area contributed by atoms with Gasteiger partial charge in [0.2, 0.25) is 0 Å². The smallest absolute Gasteiger partial charge is 0.387 e. The number of rotatable bonds is 6. The van der Waals surface area contributed by atoms with Gasteiger partial charge in [0.15, 0.2) is 5.96 Å². The molecule has 3 aliphatic rings. The Bertz CT molecular complexity index is 968. The number of hydrogen-bond acceptors (Lipinski definition) is 4. The Labute approximate surface area is 169 Å². The predicted molar refractivity (Wildman–Crippen MR) is 108 cm³/mol. The summed E-state index contributed by atoms with van der Waals surface area (Å²) in [4.78, 5) is 6.85. The third-order valence-electron chi connectivity index (χ3n) is 6.30. The lowest BCUT2D eigenvalue weighted by molar-refractivity contribution is -0.0504. The first-order chi connectivity index (χ1) is 14.0. The molecule has 0 radical (unpaired) electrons. The van der Waals surface area contributed by atoms with Gasteiger partial charge in [-0.25, -0.2) is 4.99 Å². The van der Waals surface area contributed by atoms with Crippen LogP contribution in [0, 0.1) is 0 Å². The topological polar surface area (TPSA) is 50.8 Å². The van der Waals surface area contributed by atoms with Gasteiger partial charge in [0.1, 0.15) is 11.3 Å². The van der Waals surface area contributed by atoms with E-state index in [9.17, 15) is 8.78 Å². The summed E-state index contributed by atoms with van der Waals surface area (Å²) >= 11 is 0. The molecule has 2 aromatic rings. The van der Waals surface area contributed by atoms with Gasteiger partial charge in [-0.05, 0) is 71.9 Å². The fraction of sp³-hybridized carbons (Fsp3) is 0.435. The zero-order valence-electron chi connectivity index (χ0n) is 16.4. The molecule has 0 spiro atoms. The van der Waals surface area contributed by atoms with Crippen LogP contribution in [0.2, 0.25) is 0 Å². The summed E-state index contributed by atoms with van der Waals surface area (Å²) in [5, 5.41) is 0. The van der Waals surface area contributed by atoms with Crippen LogP contribution < -0.4 is 10.5 Å². The molecule has 2 aromatic carbocycles. The van der Waals surface area contributed by atoms with E-state index in [-0.39, 0.29) is 11.7 Å². The van der Waals surface area contributed by atoms with Crippen molar-refractivity contribution in [2.45, 2.75) is 49.7 Å². The van der Waals surface area contributed by atoms with Crippen LogP contribution in [0.25, 0.3) is 0 Å². The van der Waals surface area contributed by atoms with Crippen LogP contribution in [-0.2, 0) is 5.54 Å². The molecule has 6 heteroatoms. The highest BCUT2D eigenvalue weighted by Crippen LogP contribution is 2.48. The molecular formula is C23H25F2N3O. The molecule has 1 aliphatic heterocycles. The zero-order valence-corrected chi connectivity index (χ0v) is 16.4. The Morgan fingerprint density at radius 1 is 1.07 bits per heavy atom. The first kappa shape index (κ1) is 18.4. The lowest BCUT2D eigenvalue weighted by Gasteiger charge is -2.29. The molecule has 0 aromatic heterocycles. The second-order valence-corrected chi connectivity index (χ2v) is 8.49. The van der Waals surface area contributed by atoms with E-state index in [1.165, 1.54) is 18.4 Å². The van der Waals surface area contributed by atoms with Crippen molar-refractivity contribution in [2.75, 3.05) is 13.6 Å². The monoisotopic (exact) mass is 397 g/mol. The number of ether oxygens (including phenoxy) is 1. The molecule has 1 unspecified atom stereocenters. The van der Waals surface area contributed by atoms with E-state index in [2.05, 4.69) is 24.3 Å². The van der Waals surface area contributed by atoms with Crippen molar-refractivity contribution >= 4 is 5.96 Å². The molecule has 2 N–H and O–H groups in total. The highest BCUT2D eigenvalue weighted by molar-refractivity contribution is 5.81. The van der Waals surface area contributed by atoms with E-state index < -0.39 is 12.2 Å². The summed E-state index contributed by atoms with van der Waals surface area (Å²) in [6.45, 7) is -2.21. The van der Waals surface area contributed by atoms with Gasteiger partial charge in [0.05, 0.1) is 6.54 Å². The van der Waals surface area contributed by atoms with Crippen molar-refractivity contribution in [2.24, 2.45) is 10.7 Å². The van der Waals surface area contributed by atoms with Gasteiger partial charge >= 0.3 is 6.61 Å². The molecule has 2 fully saturated rings. The molecule has 152 valence electrons. The molecule has 0 saturated heterocycles. The molecule has 1 atom stereocenters. The maximum atomic E-state index is 12.9. The molecule has 1 heterocycles. The standard InChI is InChI=1S/C23H25F2N3O/c1-28-13-23(27-22(28)26,17-4-2-3-16(11-17)14-5-6-14)18-9-10-20(29-21(24)25)19(12-18)15-7-8-15/h2-4,9-12,14-15,21H,5-8,13H2,1H3,(H2,26,27). The Morgan fingerprint density at radius 3 is 2.41 bits per heavy atom. The van der Waals surface area contributed by atoms with Crippen LogP contribution >= 0.6 is 0 Å². The third-order valence-corrected chi connectivity index (χ3v) is 6.30. The average Bonchev–Trinajstić information content (AvgIpc) is 3.61. The van der Waals surface area contributed by atoms with Crippen molar-refractivity contribution in [1.29, 1.82) is 0 Å². The number of aliphatic imine (C=N–C) groups is 1. The van der Waals surface area contributed by atoms with E-state index in [1.54, 1.807) is 6.07 Å². The van der Waals surface area contributed by atoms with E-state index >= 15 is 0 Å². The van der Waals surface area contributed by atoms with Crippen LogP contribution in [0.4, 0.5) is 8.78 Å². The van der Waals surface area contributed by atoms with Crippen molar-refractivity contribution in [3.8, 4) is 5.75 Å². The number of likely N-dealkylation sites (N-methyl/N-ethyl adjacent to an activating group) is 1. The third kappa shape index (κ3) is 3.34. The maximum absolute atomic E-state index is 12.9. The molecule has 2 aliphatic carbocycles. The minimum Gasteiger partial charge on any atom is -0.435 e. The van der Waals surface area contributed by atoms with Crippen LogP contribution in [-0.4, -0.2) is 31.1 Å². The van der Waals surface area contributed by atoms with Gasteiger partial charge in [-0.3, -0.25) is 0 Å². The molecule has 5 rings (SSSR count). The fourth-order valence-corrected chi connectivity index (χ4v) is 4.41. The molecule has 29 heavy (non-hydrogen) atoms. The fourth-order valence-electron chi connectivity index (χ4n) is 4.41. The first-order valence-electron chi connectivity index (χ1n) is 10.2. The zero-order chi connectivity index (χ0) is 20.2. The lowest BCUT2D eigenvalue weighted by Crippen LogP contribution is -2.35. The van der Waals surface area contributed by atoms with E-state index in [4.69, 9.17) is 15.5 Å². The minimum absolute atomic E-state index is 0.274. The van der Waals surface area contributed by atoms with Gasteiger partial charge in [0.25, 0.3) is 0 Å². The van der Waals surface area contributed by atoms with E-state index in [1.807, 2.05) is 24.1 Å². The SMILES string of the molecule is CN1CC(c2cccc(C3CC3)c2)(c2ccc(OC(F)F)c(C3CC3)c2)N=C1N. The second kappa shape index (κ2) is 6.71. The summed E-state index contributed by atoms with van der Waals surface area (Å²) in [7, 11) is 1.93. The highest BCUT2D eigenvalue weighted by atomic mass is 19.3. The lowest BCUT2D eigenvalue weighted by atomic mass is 9.81. The Hall–Kier alpha value is -2.63. The largest absolute Gasteiger partial charge is 0.435 e. The van der Waals surface area contributed by atoms with Crippen LogP contribution in [0.3, 0.4) is 0 Å². The Kier molecular flexibility index (Phi) is 4.26. The molecule has 2 saturated carbocycles. The van der Waals surface area contributed by atoms with Crippen molar-refractivity contribution in [1.82, 2.24) is 4.90 Å². The summed E-state index contributed by atoms with van der Waals surface area (Å²) in [5.41, 5.74) is 9.81. The van der Waals surface area contributed by atoms with Gasteiger partial charge < -0.3 is 15.4 Å². The quantitative estimate of drug-likeness (QED) is 0.778. The number of nitrogens with two attached hydrogens (primary N) is 1. The molecule has 0 bridgehead atoms. The molecule has 0 amide bonds. The number of guanidine groups is 1. The number of nitrogens with zero attached hydrogens (tertiary/aromatic N) is 2. The Morgan fingerprint density at radius 2 is 1.79 bits per heavy atom. The Balaban J connectivity index is 1.63.